The molecule has 0 heterocycles. The van der Waals surface area contributed by atoms with Gasteiger partial charge < -0.3 is 20.1 Å². The lowest BCUT2D eigenvalue weighted by Crippen LogP contribution is -2.37. The molecule has 11 nitrogen and oxygen atoms in total. The van der Waals surface area contributed by atoms with Crippen LogP contribution in [0, 0.1) is 0 Å². The Bertz CT molecular complexity index is 1150. The summed E-state index contributed by atoms with van der Waals surface area (Å²) in [6, 6.07) is 11.7. The van der Waals surface area contributed by atoms with Crippen LogP contribution in [0.2, 0.25) is 0 Å². The van der Waals surface area contributed by atoms with Crippen molar-refractivity contribution in [2.24, 2.45) is 4.99 Å². The summed E-state index contributed by atoms with van der Waals surface area (Å²) in [5.41, 5.74) is 0.221. The van der Waals surface area contributed by atoms with Gasteiger partial charge in [-0.1, -0.05) is 18.2 Å². The van der Waals surface area contributed by atoms with Crippen LogP contribution < -0.4 is 16.0 Å². The number of aliphatic imine (C=N–C) groups is 1. The van der Waals surface area contributed by atoms with Crippen LogP contribution in [0.4, 0.5) is 21.0 Å². The second kappa shape index (κ2) is 11.6. The maximum atomic E-state index is 12.9. The van der Waals surface area contributed by atoms with Crippen molar-refractivity contribution in [3.8, 4) is 0 Å². The molecule has 0 bridgehead atoms. The maximum Gasteiger partial charge on any atom is 0.436 e. The van der Waals surface area contributed by atoms with E-state index in [1.807, 2.05) is 0 Å². The van der Waals surface area contributed by atoms with Crippen molar-refractivity contribution in [3.63, 3.8) is 0 Å². The van der Waals surface area contributed by atoms with Crippen LogP contribution in [0.1, 0.15) is 20.8 Å². The minimum Gasteiger partial charge on any atom is -0.450 e. The van der Waals surface area contributed by atoms with Gasteiger partial charge in [-0.3, -0.25) is 10.1 Å². The zero-order valence-corrected chi connectivity index (χ0v) is 19.1. The van der Waals surface area contributed by atoms with Crippen molar-refractivity contribution in [1.82, 2.24) is 5.32 Å². The number of nitrogens with zero attached hydrogens (tertiary/aromatic N) is 1. The molecule has 0 aliphatic heterocycles. The Morgan fingerprint density at radius 2 is 1.55 bits per heavy atom. The van der Waals surface area contributed by atoms with Crippen molar-refractivity contribution in [3.05, 3.63) is 48.5 Å². The Morgan fingerprint density at radius 1 is 0.879 bits per heavy atom. The Balaban J connectivity index is 2.47. The van der Waals surface area contributed by atoms with Crippen LogP contribution in [0.3, 0.4) is 0 Å². The van der Waals surface area contributed by atoms with Crippen LogP contribution >= 0.6 is 0 Å². The van der Waals surface area contributed by atoms with Gasteiger partial charge in [-0.15, -0.1) is 4.99 Å². The van der Waals surface area contributed by atoms with E-state index in [4.69, 9.17) is 9.47 Å². The molecule has 0 spiro atoms. The molecule has 0 saturated heterocycles. The first-order valence-corrected chi connectivity index (χ1v) is 11.3. The predicted molar refractivity (Wildman–Crippen MR) is 121 cm³/mol. The monoisotopic (exact) mass is 476 g/mol. The highest BCUT2D eigenvalue weighted by molar-refractivity contribution is 7.91. The summed E-state index contributed by atoms with van der Waals surface area (Å²) >= 11 is 0. The van der Waals surface area contributed by atoms with Gasteiger partial charge in [-0.2, -0.15) is 0 Å². The van der Waals surface area contributed by atoms with E-state index in [2.05, 4.69) is 20.9 Å². The Kier molecular flexibility index (Phi) is 8.92. The Morgan fingerprint density at radius 3 is 2.15 bits per heavy atom. The largest absolute Gasteiger partial charge is 0.450 e. The van der Waals surface area contributed by atoms with Gasteiger partial charge >= 0.3 is 12.2 Å². The average Bonchev–Trinajstić information content (AvgIpc) is 2.75. The zero-order valence-electron chi connectivity index (χ0n) is 18.2. The number of alkyl carbamates (subject to hydrolysis) is 1. The molecular formula is C21H24N4O7S. The first kappa shape index (κ1) is 25.3. The molecule has 3 N–H and O–H groups in total. The molecule has 0 fully saturated rings. The second-order valence-corrected chi connectivity index (χ2v) is 8.28. The Hall–Kier alpha value is -3.93. The molecule has 0 aliphatic carbocycles. The van der Waals surface area contributed by atoms with E-state index < -0.39 is 27.9 Å². The number of benzene rings is 2. The lowest BCUT2D eigenvalue weighted by Gasteiger charge is -2.16. The first-order chi connectivity index (χ1) is 15.7. The summed E-state index contributed by atoms with van der Waals surface area (Å²) in [6.45, 7) is 4.54. The van der Waals surface area contributed by atoms with E-state index in [-0.39, 0.29) is 40.3 Å². The molecule has 0 saturated carbocycles. The highest BCUT2D eigenvalue weighted by atomic mass is 32.2. The molecule has 33 heavy (non-hydrogen) atoms. The van der Waals surface area contributed by atoms with Crippen molar-refractivity contribution in [2.75, 3.05) is 23.8 Å². The molecule has 0 radical (unpaired) electrons. The lowest BCUT2D eigenvalue weighted by molar-refractivity contribution is -0.114. The van der Waals surface area contributed by atoms with E-state index in [0.717, 1.165) is 0 Å². The molecule has 2 aromatic rings. The van der Waals surface area contributed by atoms with Crippen LogP contribution in [0.15, 0.2) is 63.3 Å². The van der Waals surface area contributed by atoms with Crippen LogP contribution in [-0.2, 0) is 24.1 Å². The van der Waals surface area contributed by atoms with Crippen LogP contribution in [0.25, 0.3) is 0 Å². The minimum atomic E-state index is -3.87. The maximum absolute atomic E-state index is 12.9. The van der Waals surface area contributed by atoms with Crippen molar-refractivity contribution in [2.45, 2.75) is 30.6 Å². The number of carbonyl (C=O) groups is 3. The smallest absolute Gasteiger partial charge is 0.436 e. The summed E-state index contributed by atoms with van der Waals surface area (Å²) in [5, 5.41) is 7.45. The first-order valence-electron chi connectivity index (χ1n) is 9.85. The van der Waals surface area contributed by atoms with Gasteiger partial charge in [-0.05, 0) is 44.2 Å². The third-order valence-corrected chi connectivity index (χ3v) is 5.65. The molecule has 2 rings (SSSR count). The number of rotatable bonds is 6. The second-order valence-electron chi connectivity index (χ2n) is 6.33. The normalized spacial score (nSPS) is 11.3. The highest BCUT2D eigenvalue weighted by Crippen LogP contribution is 2.29. The van der Waals surface area contributed by atoms with Gasteiger partial charge in [0, 0.05) is 6.92 Å². The fourth-order valence-electron chi connectivity index (χ4n) is 2.55. The molecule has 176 valence electrons. The van der Waals surface area contributed by atoms with E-state index >= 15 is 0 Å². The van der Waals surface area contributed by atoms with E-state index in [1.54, 1.807) is 32.0 Å². The SMILES string of the molecule is CCOC(=O)/N=C(/NC(=O)OCC)Nc1ccc(S(=O)(=O)c2ccccc2)cc1NC(C)=O. The van der Waals surface area contributed by atoms with E-state index in [9.17, 15) is 22.8 Å². The highest BCUT2D eigenvalue weighted by Gasteiger charge is 2.20. The van der Waals surface area contributed by atoms with E-state index in [1.165, 1.54) is 37.3 Å². The van der Waals surface area contributed by atoms with Crippen LogP contribution in [0.5, 0.6) is 0 Å². The van der Waals surface area contributed by atoms with Gasteiger partial charge in [0.05, 0.1) is 34.4 Å². The molecule has 3 amide bonds. The molecule has 2 aromatic carbocycles. The minimum absolute atomic E-state index is 0.0538. The molecule has 0 atom stereocenters. The molecule has 0 aromatic heterocycles. The molecule has 0 aliphatic rings. The van der Waals surface area contributed by atoms with Gasteiger partial charge in [-0.25, -0.2) is 18.0 Å². The van der Waals surface area contributed by atoms with Crippen LogP contribution in [-0.4, -0.2) is 45.7 Å². The Labute approximate surface area is 191 Å². The molecular weight excluding hydrogens is 452 g/mol. The lowest BCUT2D eigenvalue weighted by atomic mass is 10.2. The topological polar surface area (TPSA) is 152 Å². The van der Waals surface area contributed by atoms with Crippen molar-refractivity contribution in [1.29, 1.82) is 0 Å². The van der Waals surface area contributed by atoms with Crippen molar-refractivity contribution < 1.29 is 32.3 Å². The van der Waals surface area contributed by atoms with Crippen molar-refractivity contribution >= 4 is 45.3 Å². The number of amides is 3. The summed E-state index contributed by atoms with van der Waals surface area (Å²) in [6.07, 6.45) is -1.88. The van der Waals surface area contributed by atoms with Gasteiger partial charge in [0.25, 0.3) is 0 Å². The number of sulfone groups is 1. The standard InChI is InChI=1S/C21H24N4O7S/c1-4-31-20(27)24-19(25-21(28)32-5-2)23-17-12-11-16(13-18(17)22-14(3)26)33(29,30)15-9-7-6-8-10-15/h6-13H,4-5H2,1-3H3,(H,22,26)(H2,23,24,25,27,28). The molecule has 12 heteroatoms. The summed E-state index contributed by atoms with van der Waals surface area (Å²) in [7, 11) is -3.87. The number of anilines is 2. The fourth-order valence-corrected chi connectivity index (χ4v) is 3.86. The van der Waals surface area contributed by atoms with Gasteiger partial charge in [0.2, 0.25) is 21.7 Å². The number of ether oxygens (including phenoxy) is 2. The number of nitrogens with one attached hydrogen (secondary N) is 3. The number of guanidine groups is 1. The number of carbonyl (C=O) groups excluding carboxylic acids is 3. The summed E-state index contributed by atoms with van der Waals surface area (Å²) < 4.78 is 35.4. The number of hydrogen-bond donors (Lipinski definition) is 3. The third-order valence-electron chi connectivity index (χ3n) is 3.89. The van der Waals surface area contributed by atoms with Gasteiger partial charge in [0.1, 0.15) is 0 Å². The van der Waals surface area contributed by atoms with Gasteiger partial charge in [0.15, 0.2) is 0 Å². The molecule has 0 unspecified atom stereocenters. The predicted octanol–water partition coefficient (Wildman–Crippen LogP) is 3.15. The average molecular weight is 477 g/mol. The summed E-state index contributed by atoms with van der Waals surface area (Å²) in [4.78, 5) is 39.0. The fraction of sp³-hybridized carbons (Fsp3) is 0.238. The quantitative estimate of drug-likeness (QED) is 0.425. The summed E-state index contributed by atoms with van der Waals surface area (Å²) in [5.74, 6) is -0.827. The third kappa shape index (κ3) is 7.31. The number of hydrogen-bond acceptors (Lipinski definition) is 7. The zero-order chi connectivity index (χ0) is 24.4. The van der Waals surface area contributed by atoms with E-state index in [0.29, 0.717) is 0 Å².